The molecule has 0 bridgehead atoms. The molecule has 1 amide bonds. The normalized spacial score (nSPS) is 18.1. The van der Waals surface area contributed by atoms with Crippen LogP contribution in [0.5, 0.6) is 5.75 Å². The summed E-state index contributed by atoms with van der Waals surface area (Å²) in [5.74, 6) is 3.15. The van der Waals surface area contributed by atoms with Crippen LogP contribution >= 0.6 is 11.3 Å². The lowest BCUT2D eigenvalue weighted by molar-refractivity contribution is -0.00557. The average Bonchev–Trinajstić information content (AvgIpc) is 3.41. The van der Waals surface area contributed by atoms with Crippen molar-refractivity contribution in [3.8, 4) is 23.0 Å². The third kappa shape index (κ3) is 4.14. The predicted octanol–water partition coefficient (Wildman–Crippen LogP) is 5.09. The first-order chi connectivity index (χ1) is 20.0. The van der Waals surface area contributed by atoms with Gasteiger partial charge in [0.2, 0.25) is 0 Å². The fourth-order valence-corrected chi connectivity index (χ4v) is 7.08. The number of ether oxygens (including phenoxy) is 1. The SMILES string of the molecule is Cc1nc(-c2ccc3c(c2)C(=O)CC2(CCN(C(=O)c4cc5c(C6CC6)nn(-c6ccccn6)c5s4)CC2)O3)n[nH]1. The van der Waals surface area contributed by atoms with Crippen molar-refractivity contribution in [2.24, 2.45) is 0 Å². The summed E-state index contributed by atoms with van der Waals surface area (Å²) < 4.78 is 8.36. The standard InChI is InChI=1S/C30H27N7O3S/c1-17-32-27(34-33-17)19-7-8-23-20(14-19)22(38)16-30(40-23)9-12-36(13-10-30)28(39)24-15-21-26(18-5-6-18)35-37(29(21)41-24)25-4-2-3-11-31-25/h2-4,7-8,11,14-15,18H,5-6,9-10,12-13,16H2,1H3,(H,32,33,34). The number of carbonyl (C=O) groups is 2. The zero-order valence-corrected chi connectivity index (χ0v) is 23.3. The summed E-state index contributed by atoms with van der Waals surface area (Å²) in [6, 6.07) is 13.3. The molecule has 41 heavy (non-hydrogen) atoms. The van der Waals surface area contributed by atoms with Crippen molar-refractivity contribution in [2.45, 2.75) is 50.5 Å². The summed E-state index contributed by atoms with van der Waals surface area (Å²) in [5.41, 5.74) is 1.81. The third-order valence-corrected chi connectivity index (χ3v) is 9.43. The Labute approximate surface area is 239 Å². The summed E-state index contributed by atoms with van der Waals surface area (Å²) >= 11 is 1.48. The van der Waals surface area contributed by atoms with Gasteiger partial charge < -0.3 is 9.64 Å². The first-order valence-electron chi connectivity index (χ1n) is 14.0. The number of ketones is 1. The highest BCUT2D eigenvalue weighted by Gasteiger charge is 2.44. The summed E-state index contributed by atoms with van der Waals surface area (Å²) in [4.78, 5) is 39.4. The maximum atomic E-state index is 13.7. The number of fused-ring (bicyclic) bond motifs is 2. The van der Waals surface area contributed by atoms with Gasteiger partial charge in [-0.25, -0.2) is 14.6 Å². The molecule has 2 aliphatic heterocycles. The van der Waals surface area contributed by atoms with E-state index in [1.54, 1.807) is 6.20 Å². The average molecular weight is 566 g/mol. The molecular formula is C30H27N7O3S. The van der Waals surface area contributed by atoms with Gasteiger partial charge in [0, 0.05) is 49.0 Å². The van der Waals surface area contributed by atoms with Gasteiger partial charge in [-0.1, -0.05) is 6.07 Å². The zero-order chi connectivity index (χ0) is 27.7. The third-order valence-electron chi connectivity index (χ3n) is 8.34. The fraction of sp³-hybridized carbons (Fsp3) is 0.333. The van der Waals surface area contributed by atoms with Crippen LogP contribution < -0.4 is 4.74 Å². The van der Waals surface area contributed by atoms with Gasteiger partial charge in [-0.05, 0) is 56.2 Å². The Bertz CT molecular complexity index is 1830. The lowest BCUT2D eigenvalue weighted by Crippen LogP contribution is -2.52. The molecule has 2 fully saturated rings. The molecule has 0 radical (unpaired) electrons. The number of aryl methyl sites for hydroxylation is 1. The number of carbonyl (C=O) groups excluding carboxylic acids is 2. The second kappa shape index (κ2) is 9.07. The van der Waals surface area contributed by atoms with E-state index in [-0.39, 0.29) is 11.7 Å². The number of H-pyrrole nitrogens is 1. The number of aromatic amines is 1. The van der Waals surface area contributed by atoms with E-state index in [0.717, 1.165) is 46.0 Å². The van der Waals surface area contributed by atoms with Crippen LogP contribution in [0.4, 0.5) is 0 Å². The van der Waals surface area contributed by atoms with Crippen molar-refractivity contribution in [3.05, 3.63) is 70.6 Å². The van der Waals surface area contributed by atoms with E-state index in [0.29, 0.717) is 60.3 Å². The molecule has 0 unspecified atom stereocenters. The molecule has 1 saturated carbocycles. The summed E-state index contributed by atoms with van der Waals surface area (Å²) in [5, 5.41) is 13.0. The van der Waals surface area contributed by atoms with Gasteiger partial charge in [-0.15, -0.1) is 11.3 Å². The number of nitrogens with one attached hydrogen (secondary N) is 1. The number of hydrogen-bond donors (Lipinski definition) is 1. The molecule has 1 spiro atoms. The highest BCUT2D eigenvalue weighted by atomic mass is 32.1. The van der Waals surface area contributed by atoms with E-state index < -0.39 is 5.60 Å². The van der Waals surface area contributed by atoms with Crippen LogP contribution in [0.25, 0.3) is 27.4 Å². The first-order valence-corrected chi connectivity index (χ1v) is 14.8. The van der Waals surface area contributed by atoms with Crippen molar-refractivity contribution in [1.82, 2.24) is 34.8 Å². The van der Waals surface area contributed by atoms with E-state index in [9.17, 15) is 9.59 Å². The van der Waals surface area contributed by atoms with Gasteiger partial charge in [-0.2, -0.15) is 10.2 Å². The molecule has 206 valence electrons. The van der Waals surface area contributed by atoms with Gasteiger partial charge in [0.25, 0.3) is 5.91 Å². The predicted molar refractivity (Wildman–Crippen MR) is 153 cm³/mol. The number of amides is 1. The van der Waals surface area contributed by atoms with Gasteiger partial charge in [0.05, 0.1) is 22.6 Å². The van der Waals surface area contributed by atoms with Crippen LogP contribution in [0.3, 0.4) is 0 Å². The number of thiophene rings is 1. The quantitative estimate of drug-likeness (QED) is 0.322. The lowest BCUT2D eigenvalue weighted by Gasteiger charge is -2.43. The molecule has 1 aliphatic carbocycles. The van der Waals surface area contributed by atoms with Gasteiger partial charge in [0.1, 0.15) is 22.0 Å². The molecule has 3 aliphatic rings. The molecule has 5 aromatic rings. The molecule has 11 heteroatoms. The van der Waals surface area contributed by atoms with E-state index in [1.165, 1.54) is 11.3 Å². The number of likely N-dealkylation sites (tertiary alicyclic amines) is 1. The summed E-state index contributed by atoms with van der Waals surface area (Å²) in [6.07, 6.45) is 5.52. The van der Waals surface area contributed by atoms with Gasteiger partial charge >= 0.3 is 0 Å². The Balaban J connectivity index is 1.01. The topological polar surface area (TPSA) is 119 Å². The maximum absolute atomic E-state index is 13.7. The van der Waals surface area contributed by atoms with Gasteiger partial charge in [0.15, 0.2) is 17.4 Å². The summed E-state index contributed by atoms with van der Waals surface area (Å²) in [6.45, 7) is 2.91. The Hall–Kier alpha value is -4.38. The van der Waals surface area contributed by atoms with Crippen molar-refractivity contribution >= 4 is 33.2 Å². The van der Waals surface area contributed by atoms with Crippen LogP contribution in [0, 0.1) is 6.92 Å². The monoisotopic (exact) mass is 565 g/mol. The number of aromatic nitrogens is 6. The zero-order valence-electron chi connectivity index (χ0n) is 22.5. The Morgan fingerprint density at radius 2 is 2.00 bits per heavy atom. The van der Waals surface area contributed by atoms with Crippen molar-refractivity contribution < 1.29 is 14.3 Å². The van der Waals surface area contributed by atoms with Crippen LogP contribution in [0.1, 0.15) is 69.6 Å². The van der Waals surface area contributed by atoms with Crippen molar-refractivity contribution in [2.75, 3.05) is 13.1 Å². The minimum Gasteiger partial charge on any atom is -0.486 e. The molecule has 1 N–H and O–H groups in total. The Morgan fingerprint density at radius 1 is 1.15 bits per heavy atom. The first kappa shape index (κ1) is 24.4. The number of piperidine rings is 1. The lowest BCUT2D eigenvalue weighted by atomic mass is 9.82. The Morgan fingerprint density at radius 3 is 2.73 bits per heavy atom. The number of rotatable bonds is 4. The number of benzene rings is 1. The maximum Gasteiger partial charge on any atom is 0.264 e. The summed E-state index contributed by atoms with van der Waals surface area (Å²) in [7, 11) is 0. The van der Waals surface area contributed by atoms with Crippen LogP contribution in [-0.4, -0.2) is 65.2 Å². The molecule has 8 rings (SSSR count). The largest absolute Gasteiger partial charge is 0.486 e. The van der Waals surface area contributed by atoms with E-state index >= 15 is 0 Å². The van der Waals surface area contributed by atoms with Crippen LogP contribution in [0.2, 0.25) is 0 Å². The smallest absolute Gasteiger partial charge is 0.264 e. The molecule has 10 nitrogen and oxygen atoms in total. The van der Waals surface area contributed by atoms with E-state index in [1.807, 2.05) is 59.0 Å². The number of hydrogen-bond acceptors (Lipinski definition) is 8. The molecule has 1 aromatic carbocycles. The number of pyridine rings is 1. The van der Waals surface area contributed by atoms with E-state index in [4.69, 9.17) is 9.84 Å². The van der Waals surface area contributed by atoms with Crippen molar-refractivity contribution in [1.29, 1.82) is 0 Å². The van der Waals surface area contributed by atoms with Gasteiger partial charge in [-0.3, -0.25) is 14.7 Å². The highest BCUT2D eigenvalue weighted by Crippen LogP contribution is 2.45. The second-order valence-electron chi connectivity index (χ2n) is 11.2. The Kier molecular flexibility index (Phi) is 5.40. The molecule has 4 aromatic heterocycles. The molecule has 0 atom stereocenters. The van der Waals surface area contributed by atoms with Crippen LogP contribution in [-0.2, 0) is 0 Å². The van der Waals surface area contributed by atoms with Crippen LogP contribution in [0.15, 0.2) is 48.7 Å². The van der Waals surface area contributed by atoms with Crippen molar-refractivity contribution in [3.63, 3.8) is 0 Å². The molecular weight excluding hydrogens is 538 g/mol. The minimum atomic E-state index is -0.595. The second-order valence-corrected chi connectivity index (χ2v) is 12.3. The number of nitrogens with zero attached hydrogens (tertiary/aromatic N) is 6. The molecule has 1 saturated heterocycles. The fourth-order valence-electron chi connectivity index (χ4n) is 5.98. The molecule has 6 heterocycles. The number of Topliss-reactive ketones (excluding diaryl/α,β-unsaturated/α-hetero) is 1. The minimum absolute atomic E-state index is 0.0179. The highest BCUT2D eigenvalue weighted by molar-refractivity contribution is 7.20. The van der Waals surface area contributed by atoms with E-state index in [2.05, 4.69) is 20.2 Å².